The molecule has 0 spiro atoms. The van der Waals surface area contributed by atoms with Crippen LogP contribution in [0, 0.1) is 0 Å². The Morgan fingerprint density at radius 1 is 1.36 bits per heavy atom. The van der Waals surface area contributed by atoms with Crippen molar-refractivity contribution in [1.82, 2.24) is 10.3 Å². The Hall–Kier alpha value is -1.10. The fourth-order valence-corrected chi connectivity index (χ4v) is 1.17. The molecule has 0 bridgehead atoms. The van der Waals surface area contributed by atoms with E-state index in [9.17, 15) is 0 Å². The molecule has 1 aromatic heterocycles. The molecule has 11 heavy (non-hydrogen) atoms. The van der Waals surface area contributed by atoms with E-state index in [-0.39, 0.29) is 0 Å². The Kier molecular flexibility index (Phi) is 1.32. The van der Waals surface area contributed by atoms with Crippen molar-refractivity contribution in [2.24, 2.45) is 0 Å². The first-order valence-corrected chi connectivity index (χ1v) is 3.74. The number of nitrogens with zero attached hydrogens (tertiary/aromatic N) is 2. The van der Waals surface area contributed by atoms with Crippen molar-refractivity contribution in [3.8, 4) is 0 Å². The Morgan fingerprint density at radius 3 is 3.00 bits per heavy atom. The maximum absolute atomic E-state index is 5.65. The average Bonchev–Trinajstić information content (AvgIpc) is 2.45. The molecule has 56 valence electrons. The van der Waals surface area contributed by atoms with E-state index in [0.717, 1.165) is 4.47 Å². The second kappa shape index (κ2) is 2.20. The molecule has 0 fully saturated rings. The minimum atomic E-state index is 0.559. The lowest BCUT2D eigenvalue weighted by Crippen LogP contribution is -1.87. The van der Waals surface area contributed by atoms with Crippen LogP contribution in [0.25, 0.3) is 11.0 Å². The van der Waals surface area contributed by atoms with Gasteiger partial charge in [-0.3, -0.25) is 0 Å². The van der Waals surface area contributed by atoms with Gasteiger partial charge in [0.05, 0.1) is 5.69 Å². The van der Waals surface area contributed by atoms with E-state index >= 15 is 0 Å². The summed E-state index contributed by atoms with van der Waals surface area (Å²) in [6, 6.07) is 3.59. The zero-order valence-corrected chi connectivity index (χ0v) is 7.00. The van der Waals surface area contributed by atoms with Crippen molar-refractivity contribution in [1.29, 1.82) is 0 Å². The number of benzene rings is 1. The number of anilines is 1. The van der Waals surface area contributed by atoms with Gasteiger partial charge in [-0.2, -0.15) is 0 Å². The summed E-state index contributed by atoms with van der Waals surface area (Å²) in [4.78, 5) is 0. The highest BCUT2D eigenvalue weighted by molar-refractivity contribution is 9.10. The number of nitrogen functional groups attached to an aromatic ring is 1. The van der Waals surface area contributed by atoms with Crippen LogP contribution in [0.5, 0.6) is 0 Å². The third kappa shape index (κ3) is 0.883. The molecule has 2 N–H and O–H groups in total. The fourth-order valence-electron chi connectivity index (χ4n) is 0.847. The first kappa shape index (κ1) is 6.60. The minimum absolute atomic E-state index is 0.559. The predicted molar refractivity (Wildman–Crippen MR) is 43.9 cm³/mol. The lowest BCUT2D eigenvalue weighted by molar-refractivity contribution is 0.315. The van der Waals surface area contributed by atoms with Crippen LogP contribution in [0.15, 0.2) is 21.2 Å². The van der Waals surface area contributed by atoms with Gasteiger partial charge in [0.25, 0.3) is 0 Å². The molecule has 2 aromatic rings. The lowest BCUT2D eigenvalue weighted by Gasteiger charge is -1.93. The van der Waals surface area contributed by atoms with Crippen molar-refractivity contribution in [3.05, 3.63) is 16.6 Å². The summed E-state index contributed by atoms with van der Waals surface area (Å²) < 4.78 is 5.31. The summed E-state index contributed by atoms with van der Waals surface area (Å²) in [5.41, 5.74) is 7.48. The Morgan fingerprint density at radius 2 is 2.18 bits per heavy atom. The molecule has 1 aromatic carbocycles. The molecule has 0 saturated heterocycles. The Labute approximate surface area is 70.5 Å². The minimum Gasteiger partial charge on any atom is -0.396 e. The van der Waals surface area contributed by atoms with Gasteiger partial charge in [0.2, 0.25) is 0 Å². The van der Waals surface area contributed by atoms with Crippen LogP contribution in [0.2, 0.25) is 0 Å². The van der Waals surface area contributed by atoms with E-state index in [0.29, 0.717) is 16.7 Å². The standard InChI is InChI=1S/C6H4BrN3O/c7-3-1-2-4-6(5(3)8)10-11-9-4/h1-2H,8H2. The van der Waals surface area contributed by atoms with Gasteiger partial charge < -0.3 is 5.73 Å². The SMILES string of the molecule is Nc1c(Br)ccc2nonc12. The topological polar surface area (TPSA) is 64.9 Å². The van der Waals surface area contributed by atoms with Crippen molar-refractivity contribution in [2.75, 3.05) is 5.73 Å². The van der Waals surface area contributed by atoms with Crippen molar-refractivity contribution in [2.45, 2.75) is 0 Å². The summed E-state index contributed by atoms with van der Waals surface area (Å²) in [5.74, 6) is 0. The van der Waals surface area contributed by atoms with Crippen molar-refractivity contribution in [3.63, 3.8) is 0 Å². The zero-order valence-electron chi connectivity index (χ0n) is 5.41. The highest BCUT2D eigenvalue weighted by Gasteiger charge is 2.05. The van der Waals surface area contributed by atoms with Gasteiger partial charge in [-0.1, -0.05) is 0 Å². The van der Waals surface area contributed by atoms with Gasteiger partial charge in [-0.25, -0.2) is 4.63 Å². The van der Waals surface area contributed by atoms with E-state index in [1.165, 1.54) is 0 Å². The quantitative estimate of drug-likeness (QED) is 0.676. The number of nitrogens with two attached hydrogens (primary N) is 1. The molecule has 0 atom stereocenters. The van der Waals surface area contributed by atoms with Gasteiger partial charge in [-0.15, -0.1) is 0 Å². The first-order valence-electron chi connectivity index (χ1n) is 2.95. The molecule has 5 heteroatoms. The third-order valence-electron chi connectivity index (χ3n) is 1.41. The van der Waals surface area contributed by atoms with E-state index in [4.69, 9.17) is 5.73 Å². The molecule has 4 nitrogen and oxygen atoms in total. The summed E-state index contributed by atoms with van der Waals surface area (Å²) in [7, 11) is 0. The molecule has 0 radical (unpaired) electrons. The van der Waals surface area contributed by atoms with Gasteiger partial charge in [0.1, 0.15) is 5.52 Å². The van der Waals surface area contributed by atoms with Gasteiger partial charge in [0, 0.05) is 4.47 Å². The van der Waals surface area contributed by atoms with Crippen molar-refractivity contribution < 1.29 is 4.63 Å². The van der Waals surface area contributed by atoms with Crippen LogP contribution in [0.1, 0.15) is 0 Å². The largest absolute Gasteiger partial charge is 0.396 e. The predicted octanol–water partition coefficient (Wildman–Crippen LogP) is 1.57. The second-order valence-corrected chi connectivity index (χ2v) is 2.95. The van der Waals surface area contributed by atoms with Gasteiger partial charge in [0.15, 0.2) is 5.52 Å². The highest BCUT2D eigenvalue weighted by atomic mass is 79.9. The number of hydrogen-bond donors (Lipinski definition) is 1. The molecule has 0 aliphatic carbocycles. The molecule has 0 aliphatic heterocycles. The van der Waals surface area contributed by atoms with Crippen LogP contribution in [0.3, 0.4) is 0 Å². The maximum atomic E-state index is 5.65. The van der Waals surface area contributed by atoms with E-state index < -0.39 is 0 Å². The molecule has 0 saturated carbocycles. The maximum Gasteiger partial charge on any atom is 0.159 e. The van der Waals surface area contributed by atoms with Crippen LogP contribution in [-0.4, -0.2) is 10.3 Å². The molecular formula is C6H4BrN3O. The molecule has 0 unspecified atom stereocenters. The fraction of sp³-hybridized carbons (Fsp3) is 0. The van der Waals surface area contributed by atoms with Crippen LogP contribution in [-0.2, 0) is 0 Å². The number of aromatic nitrogens is 2. The Bertz CT molecular complexity index is 398. The summed E-state index contributed by atoms with van der Waals surface area (Å²) in [6.07, 6.45) is 0. The zero-order chi connectivity index (χ0) is 7.84. The highest BCUT2D eigenvalue weighted by Crippen LogP contribution is 2.25. The molecule has 0 amide bonds. The average molecular weight is 214 g/mol. The number of halogens is 1. The monoisotopic (exact) mass is 213 g/mol. The van der Waals surface area contributed by atoms with Gasteiger partial charge >= 0.3 is 0 Å². The lowest BCUT2D eigenvalue weighted by atomic mass is 10.3. The van der Waals surface area contributed by atoms with E-state index in [2.05, 4.69) is 30.9 Å². The summed E-state index contributed by atoms with van der Waals surface area (Å²) >= 11 is 3.27. The van der Waals surface area contributed by atoms with Gasteiger partial charge in [-0.05, 0) is 38.4 Å². The molecule has 1 heterocycles. The number of fused-ring (bicyclic) bond motifs is 1. The second-order valence-electron chi connectivity index (χ2n) is 2.09. The summed E-state index contributed by atoms with van der Waals surface area (Å²) in [6.45, 7) is 0. The van der Waals surface area contributed by atoms with E-state index in [1.54, 1.807) is 6.07 Å². The molecule has 2 rings (SSSR count). The Balaban J connectivity index is 2.93. The molecule has 0 aliphatic rings. The van der Waals surface area contributed by atoms with E-state index in [1.807, 2.05) is 6.07 Å². The summed E-state index contributed by atoms with van der Waals surface area (Å²) in [5, 5.41) is 7.27. The van der Waals surface area contributed by atoms with Crippen LogP contribution >= 0.6 is 15.9 Å². The smallest absolute Gasteiger partial charge is 0.159 e. The van der Waals surface area contributed by atoms with Crippen molar-refractivity contribution >= 4 is 32.7 Å². The molecular weight excluding hydrogens is 210 g/mol. The van der Waals surface area contributed by atoms with Crippen LogP contribution in [0.4, 0.5) is 5.69 Å². The van der Waals surface area contributed by atoms with Crippen LogP contribution < -0.4 is 5.73 Å². The third-order valence-corrected chi connectivity index (χ3v) is 2.11. The number of rotatable bonds is 0. The number of hydrogen-bond acceptors (Lipinski definition) is 4. The normalized spacial score (nSPS) is 10.6. The first-order chi connectivity index (χ1) is 5.29.